The monoisotopic (exact) mass is 306 g/mol. The molecule has 0 N–H and O–H groups in total. The summed E-state index contributed by atoms with van der Waals surface area (Å²) >= 11 is 0. The summed E-state index contributed by atoms with van der Waals surface area (Å²) in [6, 6.07) is 3.94. The zero-order chi connectivity index (χ0) is 15.9. The number of methoxy groups -OCH3 is 2. The van der Waals surface area contributed by atoms with E-state index in [4.69, 9.17) is 18.9 Å². The lowest BCUT2D eigenvalue weighted by molar-refractivity contribution is -0.151. The van der Waals surface area contributed by atoms with Crippen molar-refractivity contribution in [1.29, 1.82) is 0 Å². The zero-order valence-corrected chi connectivity index (χ0v) is 13.4. The van der Waals surface area contributed by atoms with Crippen LogP contribution in [0.4, 0.5) is 0 Å². The summed E-state index contributed by atoms with van der Waals surface area (Å²) in [7, 11) is 3.24. The summed E-state index contributed by atoms with van der Waals surface area (Å²) < 4.78 is 22.1. The van der Waals surface area contributed by atoms with Crippen LogP contribution in [0.25, 0.3) is 0 Å². The van der Waals surface area contributed by atoms with Crippen molar-refractivity contribution in [2.75, 3.05) is 27.4 Å². The number of esters is 1. The van der Waals surface area contributed by atoms with Gasteiger partial charge in [-0.3, -0.25) is 4.79 Å². The van der Waals surface area contributed by atoms with Crippen molar-refractivity contribution in [2.45, 2.75) is 25.9 Å². The van der Waals surface area contributed by atoms with Crippen molar-refractivity contribution < 1.29 is 23.7 Å². The quantitative estimate of drug-likeness (QED) is 0.804. The number of carbonyl (C=O) groups excluding carboxylic acids is 1. The molecule has 0 spiro atoms. The van der Waals surface area contributed by atoms with E-state index in [2.05, 4.69) is 6.92 Å². The molecule has 1 fully saturated rings. The third-order valence-electron chi connectivity index (χ3n) is 4.88. The second kappa shape index (κ2) is 5.80. The lowest BCUT2D eigenvalue weighted by Crippen LogP contribution is -2.33. The molecule has 0 saturated carbocycles. The smallest absolute Gasteiger partial charge is 0.303 e. The first-order chi connectivity index (χ1) is 10.6. The predicted octanol–water partition coefficient (Wildman–Crippen LogP) is 2.69. The molecule has 1 aromatic rings. The number of carbonyl (C=O) groups is 1. The van der Waals surface area contributed by atoms with E-state index in [0.717, 1.165) is 11.1 Å². The molecule has 0 amide bonds. The Morgan fingerprint density at radius 2 is 1.68 bits per heavy atom. The Morgan fingerprint density at radius 1 is 1.09 bits per heavy atom. The molecule has 1 aromatic carbocycles. The molecule has 0 radical (unpaired) electrons. The predicted molar refractivity (Wildman–Crippen MR) is 80.3 cm³/mol. The van der Waals surface area contributed by atoms with Crippen LogP contribution in [-0.4, -0.2) is 33.4 Å². The van der Waals surface area contributed by atoms with Crippen molar-refractivity contribution in [3.8, 4) is 11.5 Å². The molecule has 3 rings (SSSR count). The molecule has 0 bridgehead atoms. The van der Waals surface area contributed by atoms with Crippen LogP contribution in [0, 0.1) is 11.8 Å². The SMILES string of the molecule is COc1cc2c(cc1OC)[C@H](C)[C@H]1COC[C@@H]1C2OC(C)=O. The van der Waals surface area contributed by atoms with Crippen LogP contribution in [0.5, 0.6) is 11.5 Å². The first-order valence-electron chi connectivity index (χ1n) is 7.57. The van der Waals surface area contributed by atoms with Crippen LogP contribution in [0.1, 0.15) is 37.0 Å². The van der Waals surface area contributed by atoms with Gasteiger partial charge < -0.3 is 18.9 Å². The van der Waals surface area contributed by atoms with E-state index < -0.39 is 0 Å². The summed E-state index contributed by atoms with van der Waals surface area (Å²) in [5.41, 5.74) is 2.16. The van der Waals surface area contributed by atoms with Gasteiger partial charge in [0.25, 0.3) is 0 Å². The first-order valence-corrected chi connectivity index (χ1v) is 7.57. The summed E-state index contributed by atoms with van der Waals surface area (Å²) in [6.45, 7) is 4.97. The van der Waals surface area contributed by atoms with Gasteiger partial charge in [0.15, 0.2) is 11.5 Å². The van der Waals surface area contributed by atoms with E-state index in [1.165, 1.54) is 6.92 Å². The average molecular weight is 306 g/mol. The maximum atomic E-state index is 11.6. The van der Waals surface area contributed by atoms with E-state index in [9.17, 15) is 4.79 Å². The van der Waals surface area contributed by atoms with Crippen molar-refractivity contribution in [2.24, 2.45) is 11.8 Å². The third-order valence-corrected chi connectivity index (χ3v) is 4.88. The molecule has 0 aromatic heterocycles. The minimum absolute atomic E-state index is 0.199. The Balaban J connectivity index is 2.12. The van der Waals surface area contributed by atoms with Gasteiger partial charge in [0, 0.05) is 18.4 Å². The maximum absolute atomic E-state index is 11.6. The lowest BCUT2D eigenvalue weighted by Gasteiger charge is -2.38. The lowest BCUT2D eigenvalue weighted by atomic mass is 9.69. The third kappa shape index (κ3) is 2.33. The Bertz CT molecular complexity index is 583. The van der Waals surface area contributed by atoms with Gasteiger partial charge in [0.1, 0.15) is 6.10 Å². The molecule has 1 heterocycles. The van der Waals surface area contributed by atoms with Crippen molar-refractivity contribution in [3.05, 3.63) is 23.3 Å². The summed E-state index contributed by atoms with van der Waals surface area (Å²) in [6.07, 6.45) is -0.281. The van der Waals surface area contributed by atoms with Crippen molar-refractivity contribution >= 4 is 5.97 Å². The number of fused-ring (bicyclic) bond motifs is 2. The first kappa shape index (κ1) is 15.2. The number of ether oxygens (including phenoxy) is 4. The van der Waals surface area contributed by atoms with E-state index in [-0.39, 0.29) is 18.0 Å². The van der Waals surface area contributed by atoms with Gasteiger partial charge in [0.05, 0.1) is 27.4 Å². The highest BCUT2D eigenvalue weighted by atomic mass is 16.5. The fourth-order valence-corrected chi connectivity index (χ4v) is 3.76. The van der Waals surface area contributed by atoms with Crippen LogP contribution in [-0.2, 0) is 14.3 Å². The van der Waals surface area contributed by atoms with Gasteiger partial charge in [-0.05, 0) is 29.5 Å². The second-order valence-electron chi connectivity index (χ2n) is 6.02. The molecule has 5 nitrogen and oxygen atoms in total. The maximum Gasteiger partial charge on any atom is 0.303 e. The number of hydrogen-bond acceptors (Lipinski definition) is 5. The summed E-state index contributed by atoms with van der Waals surface area (Å²) in [5, 5.41) is 0. The minimum Gasteiger partial charge on any atom is -0.493 e. The Labute approximate surface area is 130 Å². The van der Waals surface area contributed by atoms with Crippen molar-refractivity contribution in [3.63, 3.8) is 0 Å². The Kier molecular flexibility index (Phi) is 4.00. The zero-order valence-electron chi connectivity index (χ0n) is 13.4. The normalized spacial score (nSPS) is 29.5. The number of hydrogen-bond donors (Lipinski definition) is 0. The van der Waals surface area contributed by atoms with Crippen LogP contribution < -0.4 is 9.47 Å². The Hall–Kier alpha value is -1.75. The molecule has 1 aliphatic carbocycles. The fraction of sp³-hybridized carbons (Fsp3) is 0.588. The average Bonchev–Trinajstić information content (AvgIpc) is 2.99. The molecule has 1 unspecified atom stereocenters. The standard InChI is InChI=1S/C17H22O5/c1-9-11-5-15(19-3)16(20-4)6-12(11)17(22-10(2)18)14-8-21-7-13(9)14/h5-6,9,13-14,17H,7-8H2,1-4H3/t9-,13+,14-,17?/m0/s1. The largest absolute Gasteiger partial charge is 0.493 e. The molecule has 4 atom stereocenters. The molecule has 120 valence electrons. The highest BCUT2D eigenvalue weighted by molar-refractivity contribution is 5.67. The van der Waals surface area contributed by atoms with Crippen molar-refractivity contribution in [1.82, 2.24) is 0 Å². The molecular weight excluding hydrogens is 284 g/mol. The van der Waals surface area contributed by atoms with Gasteiger partial charge in [-0.15, -0.1) is 0 Å². The van der Waals surface area contributed by atoms with Gasteiger partial charge >= 0.3 is 5.97 Å². The fourth-order valence-electron chi connectivity index (χ4n) is 3.76. The van der Waals surface area contributed by atoms with Crippen LogP contribution >= 0.6 is 0 Å². The number of rotatable bonds is 3. The number of benzene rings is 1. The van der Waals surface area contributed by atoms with Gasteiger partial charge in [-0.1, -0.05) is 6.92 Å². The van der Waals surface area contributed by atoms with E-state index in [1.54, 1.807) is 14.2 Å². The molecule has 2 aliphatic rings. The summed E-state index contributed by atoms with van der Waals surface area (Å²) in [4.78, 5) is 11.6. The Morgan fingerprint density at radius 3 is 2.27 bits per heavy atom. The van der Waals surface area contributed by atoms with Gasteiger partial charge in [-0.25, -0.2) is 0 Å². The topological polar surface area (TPSA) is 54.0 Å². The van der Waals surface area contributed by atoms with E-state index >= 15 is 0 Å². The van der Waals surface area contributed by atoms with Crippen LogP contribution in [0.3, 0.4) is 0 Å². The molecule has 1 aliphatic heterocycles. The summed E-state index contributed by atoms with van der Waals surface area (Å²) in [5.74, 6) is 1.97. The van der Waals surface area contributed by atoms with Gasteiger partial charge in [-0.2, -0.15) is 0 Å². The molecule has 1 saturated heterocycles. The van der Waals surface area contributed by atoms with E-state index in [1.807, 2.05) is 12.1 Å². The van der Waals surface area contributed by atoms with Crippen LogP contribution in [0.15, 0.2) is 12.1 Å². The highest BCUT2D eigenvalue weighted by Crippen LogP contribution is 2.51. The minimum atomic E-state index is -0.281. The highest BCUT2D eigenvalue weighted by Gasteiger charge is 2.46. The molecule has 22 heavy (non-hydrogen) atoms. The molecular formula is C17H22O5. The second-order valence-corrected chi connectivity index (χ2v) is 6.02. The van der Waals surface area contributed by atoms with E-state index in [0.29, 0.717) is 36.5 Å². The van der Waals surface area contributed by atoms with Crippen LogP contribution in [0.2, 0.25) is 0 Å². The molecule has 5 heteroatoms. The van der Waals surface area contributed by atoms with Gasteiger partial charge in [0.2, 0.25) is 0 Å².